The van der Waals surface area contributed by atoms with E-state index in [0.717, 1.165) is 18.4 Å². The Kier molecular flexibility index (Phi) is 9.56. The first-order chi connectivity index (χ1) is 16.3. The number of hydrogen-bond acceptors (Lipinski definition) is 4. The van der Waals surface area contributed by atoms with E-state index in [-0.39, 0.29) is 18.7 Å². The monoisotopic (exact) mass is 533 g/mol. The average molecular weight is 534 g/mol. The molecule has 1 N–H and O–H groups in total. The van der Waals surface area contributed by atoms with E-state index in [1.54, 1.807) is 38.1 Å². The molecule has 0 aliphatic heterocycles. The second kappa shape index (κ2) is 11.8. The largest absolute Gasteiger partial charge is 0.416 e. The summed E-state index contributed by atoms with van der Waals surface area (Å²) in [6.07, 6.45) is -3.70. The number of anilines is 1. The van der Waals surface area contributed by atoms with Gasteiger partial charge in [-0.05, 0) is 43.2 Å². The quantitative estimate of drug-likeness (QED) is 0.499. The van der Waals surface area contributed by atoms with Gasteiger partial charge in [-0.15, -0.1) is 0 Å². The second-order valence-corrected chi connectivity index (χ2v) is 10.1. The van der Waals surface area contributed by atoms with Crippen LogP contribution in [0.1, 0.15) is 31.4 Å². The minimum absolute atomic E-state index is 0.103. The summed E-state index contributed by atoms with van der Waals surface area (Å²) >= 11 is 6.24. The van der Waals surface area contributed by atoms with Crippen LogP contribution in [0.3, 0.4) is 0 Å². The second-order valence-electron chi connectivity index (χ2n) is 7.75. The van der Waals surface area contributed by atoms with E-state index >= 15 is 0 Å². The molecule has 7 nitrogen and oxygen atoms in total. The van der Waals surface area contributed by atoms with Crippen LogP contribution in [-0.4, -0.2) is 50.5 Å². The highest BCUT2D eigenvalue weighted by atomic mass is 35.5. The fraction of sp³-hybridized carbons (Fsp3) is 0.391. The van der Waals surface area contributed by atoms with E-state index in [0.29, 0.717) is 27.5 Å². The number of hydrogen-bond donors (Lipinski definition) is 1. The number of nitrogens with one attached hydrogen (secondary N) is 1. The molecule has 0 saturated carbocycles. The standard InChI is InChI=1S/C23H27ClF3N3O4S/c1-4-20(22(32)28-5-2)29(14-16-9-6-7-12-19(16)24)21(31)15-30(35(3,33)34)18-11-8-10-17(13-18)23(25,26)27/h6-13,20H,4-5,14-15H2,1-3H3,(H,28,32)/t20-/m1/s1. The summed E-state index contributed by atoms with van der Waals surface area (Å²) in [7, 11) is -4.16. The van der Waals surface area contributed by atoms with Gasteiger partial charge in [0.1, 0.15) is 12.6 Å². The molecule has 2 rings (SSSR count). The van der Waals surface area contributed by atoms with Crippen molar-refractivity contribution in [3.05, 3.63) is 64.7 Å². The predicted molar refractivity (Wildman–Crippen MR) is 128 cm³/mol. The zero-order chi connectivity index (χ0) is 26.4. The summed E-state index contributed by atoms with van der Waals surface area (Å²) in [5.41, 5.74) is -0.854. The molecule has 12 heteroatoms. The van der Waals surface area contributed by atoms with Crippen LogP contribution in [0.5, 0.6) is 0 Å². The first kappa shape index (κ1) is 28.4. The molecule has 2 amide bonds. The first-order valence-electron chi connectivity index (χ1n) is 10.7. The maximum absolute atomic E-state index is 13.5. The van der Waals surface area contributed by atoms with Crippen molar-refractivity contribution in [3.63, 3.8) is 0 Å². The molecule has 192 valence electrons. The minimum atomic E-state index is -4.70. The summed E-state index contributed by atoms with van der Waals surface area (Å²) in [5.74, 6) is -1.22. The van der Waals surface area contributed by atoms with E-state index in [1.807, 2.05) is 0 Å². The number of sulfonamides is 1. The summed E-state index contributed by atoms with van der Waals surface area (Å²) < 4.78 is 65.3. The van der Waals surface area contributed by atoms with Gasteiger partial charge in [-0.25, -0.2) is 8.42 Å². The highest BCUT2D eigenvalue weighted by Gasteiger charge is 2.34. The number of halogens is 4. The number of benzene rings is 2. The van der Waals surface area contributed by atoms with Crippen molar-refractivity contribution in [1.82, 2.24) is 10.2 Å². The third-order valence-electron chi connectivity index (χ3n) is 5.18. The van der Waals surface area contributed by atoms with Crippen LogP contribution in [0, 0.1) is 0 Å². The molecule has 0 heterocycles. The summed E-state index contributed by atoms with van der Waals surface area (Å²) in [4.78, 5) is 27.4. The van der Waals surface area contributed by atoms with E-state index in [9.17, 15) is 31.2 Å². The van der Waals surface area contributed by atoms with Crippen LogP contribution in [0.4, 0.5) is 18.9 Å². The molecule has 0 unspecified atom stereocenters. The van der Waals surface area contributed by atoms with Crippen LogP contribution in [-0.2, 0) is 32.3 Å². The fourth-order valence-electron chi connectivity index (χ4n) is 3.47. The lowest BCUT2D eigenvalue weighted by Gasteiger charge is -2.33. The molecule has 0 aliphatic carbocycles. The Morgan fingerprint density at radius 3 is 2.29 bits per heavy atom. The third kappa shape index (κ3) is 7.60. The van der Waals surface area contributed by atoms with E-state index in [2.05, 4.69) is 5.32 Å². The Bertz CT molecular complexity index is 1160. The summed E-state index contributed by atoms with van der Waals surface area (Å²) in [5, 5.41) is 2.99. The fourth-order valence-corrected chi connectivity index (χ4v) is 4.51. The number of carbonyl (C=O) groups is 2. The van der Waals surface area contributed by atoms with Gasteiger partial charge in [0.25, 0.3) is 0 Å². The molecule has 0 spiro atoms. The number of amides is 2. The zero-order valence-electron chi connectivity index (χ0n) is 19.5. The maximum Gasteiger partial charge on any atom is 0.416 e. The minimum Gasteiger partial charge on any atom is -0.355 e. The summed E-state index contributed by atoms with van der Waals surface area (Å²) in [6, 6.07) is 9.40. The Balaban J connectivity index is 2.50. The van der Waals surface area contributed by atoms with E-state index in [4.69, 9.17) is 11.6 Å². The van der Waals surface area contributed by atoms with Crippen molar-refractivity contribution < 1.29 is 31.2 Å². The van der Waals surface area contributed by atoms with Crippen LogP contribution in [0.2, 0.25) is 5.02 Å². The number of carbonyl (C=O) groups excluding carboxylic acids is 2. The lowest BCUT2D eigenvalue weighted by atomic mass is 10.1. The number of rotatable bonds is 10. The van der Waals surface area contributed by atoms with Crippen molar-refractivity contribution in [2.24, 2.45) is 0 Å². The van der Waals surface area contributed by atoms with Gasteiger partial charge in [-0.2, -0.15) is 13.2 Å². The molecule has 2 aromatic carbocycles. The Morgan fingerprint density at radius 1 is 1.09 bits per heavy atom. The van der Waals surface area contributed by atoms with Crippen LogP contribution in [0.25, 0.3) is 0 Å². The van der Waals surface area contributed by atoms with Gasteiger partial charge in [0, 0.05) is 18.1 Å². The molecule has 0 aromatic heterocycles. The van der Waals surface area contributed by atoms with Crippen molar-refractivity contribution in [3.8, 4) is 0 Å². The molecule has 0 saturated heterocycles. The molecule has 35 heavy (non-hydrogen) atoms. The van der Waals surface area contributed by atoms with Crippen molar-refractivity contribution in [2.45, 2.75) is 39.0 Å². The molecule has 0 aliphatic rings. The lowest BCUT2D eigenvalue weighted by molar-refractivity contribution is -0.140. The topological polar surface area (TPSA) is 86.8 Å². The molecule has 0 radical (unpaired) electrons. The average Bonchev–Trinajstić information content (AvgIpc) is 2.77. The number of nitrogens with zero attached hydrogens (tertiary/aromatic N) is 2. The lowest BCUT2D eigenvalue weighted by Crippen LogP contribution is -2.52. The molecule has 1 atom stereocenters. The van der Waals surface area contributed by atoms with Gasteiger partial charge in [-0.3, -0.25) is 13.9 Å². The number of likely N-dealkylation sites (N-methyl/N-ethyl adjacent to an activating group) is 1. The molecule has 2 aromatic rings. The van der Waals surface area contributed by atoms with Gasteiger partial charge in [-0.1, -0.05) is 42.8 Å². The Hall–Kier alpha value is -2.79. The highest BCUT2D eigenvalue weighted by Crippen LogP contribution is 2.32. The maximum atomic E-state index is 13.5. The van der Waals surface area contributed by atoms with Crippen LogP contribution in [0.15, 0.2) is 48.5 Å². The van der Waals surface area contributed by atoms with Gasteiger partial charge in [0.05, 0.1) is 17.5 Å². The van der Waals surface area contributed by atoms with Crippen LogP contribution < -0.4 is 9.62 Å². The first-order valence-corrected chi connectivity index (χ1v) is 13.0. The molecular weight excluding hydrogens is 507 g/mol. The SMILES string of the molecule is CCNC(=O)[C@@H](CC)N(Cc1ccccc1Cl)C(=O)CN(c1cccc(C(F)(F)F)c1)S(C)(=O)=O. The normalized spacial score (nSPS) is 12.7. The van der Waals surface area contributed by atoms with Gasteiger partial charge < -0.3 is 10.2 Å². The number of alkyl halides is 3. The Labute approximate surface area is 207 Å². The predicted octanol–water partition coefficient (Wildman–Crippen LogP) is 4.07. The van der Waals surface area contributed by atoms with E-state index in [1.165, 1.54) is 11.0 Å². The summed E-state index contributed by atoms with van der Waals surface area (Å²) in [6.45, 7) is 2.80. The molecular formula is C23H27ClF3N3O4S. The van der Waals surface area contributed by atoms with Crippen molar-refractivity contribution >= 4 is 39.1 Å². The highest BCUT2D eigenvalue weighted by molar-refractivity contribution is 7.92. The van der Waals surface area contributed by atoms with Crippen molar-refractivity contribution in [2.75, 3.05) is 23.7 Å². The van der Waals surface area contributed by atoms with Crippen molar-refractivity contribution in [1.29, 1.82) is 0 Å². The molecule has 0 fully saturated rings. The zero-order valence-corrected chi connectivity index (χ0v) is 21.0. The Morgan fingerprint density at radius 2 is 1.74 bits per heavy atom. The third-order valence-corrected chi connectivity index (χ3v) is 6.69. The van der Waals surface area contributed by atoms with Gasteiger partial charge in [0.15, 0.2) is 0 Å². The molecule has 0 bridgehead atoms. The van der Waals surface area contributed by atoms with Crippen LogP contribution >= 0.6 is 11.6 Å². The van der Waals surface area contributed by atoms with Gasteiger partial charge in [0.2, 0.25) is 21.8 Å². The van der Waals surface area contributed by atoms with Gasteiger partial charge >= 0.3 is 6.18 Å². The smallest absolute Gasteiger partial charge is 0.355 e. The van der Waals surface area contributed by atoms with E-state index < -0.39 is 46.2 Å².